The van der Waals surface area contributed by atoms with E-state index in [0.29, 0.717) is 17.4 Å². The molecule has 0 N–H and O–H groups in total. The zero-order chi connectivity index (χ0) is 64.7. The van der Waals surface area contributed by atoms with Crippen molar-refractivity contribution in [3.05, 3.63) is 134 Å². The van der Waals surface area contributed by atoms with E-state index in [1.54, 1.807) is 0 Å². The molecular formula is C80H135NO8. The lowest BCUT2D eigenvalue weighted by molar-refractivity contribution is -0.870. The van der Waals surface area contributed by atoms with Crippen LogP contribution in [-0.2, 0) is 33.3 Å². The SMILES string of the molecule is CC/C=C\C/C=C\C/C=C\C/C=C\C/C=C\C/C=C\C/C=C\C/C=C\C/C=C\C/C=C\C/C=C\CCCCCC(=O)OC(COC(=O)CCCCCCCCCCCCCCCCCCCCCCCCCCCCC)COC(OCC[N+](C)(C)C)C(=O)[O-]. The van der Waals surface area contributed by atoms with Gasteiger partial charge in [0.15, 0.2) is 12.4 Å². The Labute approximate surface area is 548 Å². The van der Waals surface area contributed by atoms with Gasteiger partial charge in [-0.05, 0) is 96.3 Å². The smallest absolute Gasteiger partial charge is 0.306 e. The molecule has 0 aliphatic rings. The third-order valence-corrected chi connectivity index (χ3v) is 15.4. The fraction of sp³-hybridized carbons (Fsp3) is 0.688. The Hall–Kier alpha value is -4.57. The maximum Gasteiger partial charge on any atom is 0.306 e. The van der Waals surface area contributed by atoms with E-state index in [1.807, 2.05) is 21.1 Å². The van der Waals surface area contributed by atoms with Crippen molar-refractivity contribution >= 4 is 17.9 Å². The number of likely N-dealkylation sites (N-methyl/N-ethyl adjacent to an activating group) is 1. The van der Waals surface area contributed by atoms with Crippen molar-refractivity contribution in [2.45, 2.75) is 309 Å². The summed E-state index contributed by atoms with van der Waals surface area (Å²) >= 11 is 0. The van der Waals surface area contributed by atoms with Gasteiger partial charge < -0.3 is 33.3 Å². The van der Waals surface area contributed by atoms with Gasteiger partial charge in [-0.1, -0.05) is 321 Å². The standard InChI is InChI=1S/C80H135NO8/c1-6-8-10-12-14-16-18-20-22-24-26-28-30-32-34-35-36-37-38-39-40-41-42-43-45-47-49-51-53-55-57-59-61-63-65-67-69-71-78(83)89-76(75-88-80(79(84)85)86-73-72-81(3,4)5)74-87-77(82)70-68-66-64-62-60-58-56-54-52-50-48-46-44-33-31-29-27-25-23-21-19-17-15-13-11-9-7-2/h8,10,14,16,20,22,26,28,32,34,36-37,39-40,42-43,47,49,53,55,59,61,76,80H,6-7,9,11-13,15,17-19,21,23-25,27,29-31,33,35,38,41,44-46,48,50-52,54,56-58,60,62-75H2,1-5H3/b10-8-,16-14-,22-20-,28-26-,34-32-,37-36-,40-39-,43-42-,49-47-,55-53-,61-59-. The molecule has 0 aliphatic heterocycles. The average molecular weight is 1240 g/mol. The number of carbonyl (C=O) groups excluding carboxylic acids is 3. The van der Waals surface area contributed by atoms with Crippen molar-refractivity contribution < 1.29 is 42.9 Å². The zero-order valence-electron chi connectivity index (χ0n) is 58.0. The van der Waals surface area contributed by atoms with E-state index in [-0.39, 0.29) is 38.6 Å². The Bertz CT molecular complexity index is 1930. The molecular weight excluding hydrogens is 1100 g/mol. The monoisotopic (exact) mass is 1240 g/mol. The third kappa shape index (κ3) is 70.7. The topological polar surface area (TPSA) is 111 Å². The number of hydrogen-bond donors (Lipinski definition) is 0. The van der Waals surface area contributed by atoms with Crippen LogP contribution in [0.1, 0.15) is 296 Å². The van der Waals surface area contributed by atoms with Crippen LogP contribution in [0.15, 0.2) is 134 Å². The lowest BCUT2D eigenvalue weighted by Crippen LogP contribution is -2.44. The summed E-state index contributed by atoms with van der Waals surface area (Å²) in [5.41, 5.74) is 0. The number of ether oxygens (including phenoxy) is 4. The predicted octanol–water partition coefficient (Wildman–Crippen LogP) is 21.6. The van der Waals surface area contributed by atoms with Gasteiger partial charge in [-0.25, -0.2) is 0 Å². The maximum absolute atomic E-state index is 12.9. The summed E-state index contributed by atoms with van der Waals surface area (Å²) in [4.78, 5) is 37.5. The molecule has 2 atom stereocenters. The molecule has 0 heterocycles. The molecule has 0 aromatic rings. The van der Waals surface area contributed by atoms with Crippen molar-refractivity contribution in [3.63, 3.8) is 0 Å². The Morgan fingerprint density at radius 3 is 0.955 bits per heavy atom. The highest BCUT2D eigenvalue weighted by atomic mass is 16.7. The first-order valence-electron chi connectivity index (χ1n) is 36.3. The van der Waals surface area contributed by atoms with E-state index in [9.17, 15) is 19.5 Å². The highest BCUT2D eigenvalue weighted by Gasteiger charge is 2.22. The van der Waals surface area contributed by atoms with Gasteiger partial charge >= 0.3 is 11.9 Å². The van der Waals surface area contributed by atoms with Gasteiger partial charge in [-0.15, -0.1) is 0 Å². The van der Waals surface area contributed by atoms with Crippen LogP contribution in [-0.4, -0.2) is 82.3 Å². The van der Waals surface area contributed by atoms with E-state index in [4.69, 9.17) is 18.9 Å². The summed E-state index contributed by atoms with van der Waals surface area (Å²) in [5, 5.41) is 11.8. The molecule has 0 rings (SSSR count). The number of rotatable bonds is 66. The first kappa shape index (κ1) is 84.4. The normalized spacial score (nSPS) is 13.5. The Kier molecular flexibility index (Phi) is 65.8. The highest BCUT2D eigenvalue weighted by molar-refractivity contribution is 5.70. The molecule has 0 fully saturated rings. The minimum atomic E-state index is -1.64. The number of carbonyl (C=O) groups is 3. The average Bonchev–Trinajstić information content (AvgIpc) is 3.70. The van der Waals surface area contributed by atoms with Gasteiger partial charge in [0.05, 0.1) is 40.3 Å². The molecule has 0 aliphatic carbocycles. The molecule has 89 heavy (non-hydrogen) atoms. The molecule has 0 amide bonds. The van der Waals surface area contributed by atoms with Gasteiger partial charge in [0.1, 0.15) is 13.2 Å². The fourth-order valence-electron chi connectivity index (χ4n) is 9.90. The number of quaternary nitrogens is 1. The summed E-state index contributed by atoms with van der Waals surface area (Å²) in [7, 11) is 5.91. The second kappa shape index (κ2) is 69.3. The minimum absolute atomic E-state index is 0.135. The molecule has 0 radical (unpaired) electrons. The van der Waals surface area contributed by atoms with Crippen LogP contribution >= 0.6 is 0 Å². The molecule has 9 heteroatoms. The molecule has 0 saturated heterocycles. The van der Waals surface area contributed by atoms with E-state index >= 15 is 0 Å². The van der Waals surface area contributed by atoms with Crippen LogP contribution in [0.3, 0.4) is 0 Å². The van der Waals surface area contributed by atoms with Crippen molar-refractivity contribution in [3.8, 4) is 0 Å². The second-order valence-electron chi connectivity index (χ2n) is 25.2. The number of carboxylic acids is 1. The third-order valence-electron chi connectivity index (χ3n) is 15.4. The first-order valence-corrected chi connectivity index (χ1v) is 36.3. The fourth-order valence-corrected chi connectivity index (χ4v) is 9.90. The van der Waals surface area contributed by atoms with Gasteiger partial charge in [0, 0.05) is 12.8 Å². The van der Waals surface area contributed by atoms with Crippen molar-refractivity contribution in [2.24, 2.45) is 0 Å². The van der Waals surface area contributed by atoms with Gasteiger partial charge in [-0.3, -0.25) is 9.59 Å². The van der Waals surface area contributed by atoms with Crippen molar-refractivity contribution in [1.29, 1.82) is 0 Å². The van der Waals surface area contributed by atoms with Crippen LogP contribution in [0.25, 0.3) is 0 Å². The number of aliphatic carboxylic acids is 1. The van der Waals surface area contributed by atoms with E-state index in [0.717, 1.165) is 109 Å². The summed E-state index contributed by atoms with van der Waals surface area (Å²) in [6.07, 6.45) is 96.9. The van der Waals surface area contributed by atoms with Crippen LogP contribution in [0, 0.1) is 0 Å². The number of allylic oxidation sites excluding steroid dienone is 22. The quantitative estimate of drug-likeness (QED) is 0.0195. The second-order valence-corrected chi connectivity index (χ2v) is 25.2. The summed E-state index contributed by atoms with van der Waals surface area (Å²) < 4.78 is 22.8. The molecule has 0 spiro atoms. The molecule has 0 aromatic carbocycles. The summed E-state index contributed by atoms with van der Waals surface area (Å²) in [5.74, 6) is -2.33. The van der Waals surface area contributed by atoms with Gasteiger partial charge in [0.25, 0.3) is 0 Å². The minimum Gasteiger partial charge on any atom is -0.545 e. The Morgan fingerprint density at radius 2 is 0.640 bits per heavy atom. The molecule has 2 unspecified atom stereocenters. The largest absolute Gasteiger partial charge is 0.545 e. The van der Waals surface area contributed by atoms with Crippen LogP contribution < -0.4 is 5.11 Å². The lowest BCUT2D eigenvalue weighted by atomic mass is 10.0. The van der Waals surface area contributed by atoms with E-state index in [1.165, 1.54) is 154 Å². The number of hydrogen-bond acceptors (Lipinski definition) is 8. The Balaban J connectivity index is 4.22. The molecule has 0 aromatic heterocycles. The van der Waals surface area contributed by atoms with Gasteiger partial charge in [0.2, 0.25) is 0 Å². The molecule has 9 nitrogen and oxygen atoms in total. The first-order chi connectivity index (χ1) is 43.6. The number of carboxylic acid groups (broad SMARTS) is 1. The number of unbranched alkanes of at least 4 members (excludes halogenated alkanes) is 29. The van der Waals surface area contributed by atoms with Crippen LogP contribution in [0.4, 0.5) is 0 Å². The molecule has 0 saturated carbocycles. The summed E-state index contributed by atoms with van der Waals surface area (Å²) in [6, 6.07) is 0. The van der Waals surface area contributed by atoms with Gasteiger partial charge in [-0.2, -0.15) is 0 Å². The maximum atomic E-state index is 12.9. The number of nitrogens with zero attached hydrogens (tertiary/aromatic N) is 1. The number of esters is 2. The molecule has 508 valence electrons. The van der Waals surface area contributed by atoms with E-state index in [2.05, 4.69) is 148 Å². The summed E-state index contributed by atoms with van der Waals surface area (Å²) in [6.45, 7) is 4.62. The highest BCUT2D eigenvalue weighted by Crippen LogP contribution is 2.17. The zero-order valence-corrected chi connectivity index (χ0v) is 58.0. The van der Waals surface area contributed by atoms with Crippen LogP contribution in [0.2, 0.25) is 0 Å². The Morgan fingerprint density at radius 1 is 0.348 bits per heavy atom. The molecule has 0 bridgehead atoms. The van der Waals surface area contributed by atoms with Crippen molar-refractivity contribution in [2.75, 3.05) is 47.5 Å². The van der Waals surface area contributed by atoms with E-state index < -0.39 is 24.3 Å². The van der Waals surface area contributed by atoms with Crippen LogP contribution in [0.5, 0.6) is 0 Å². The van der Waals surface area contributed by atoms with Crippen molar-refractivity contribution in [1.82, 2.24) is 0 Å². The lowest BCUT2D eigenvalue weighted by Gasteiger charge is -2.26. The predicted molar refractivity (Wildman–Crippen MR) is 379 cm³/mol.